The number of carboxylic acid groups (broad SMARTS) is 1. The quantitative estimate of drug-likeness (QED) is 0.803. The topological polar surface area (TPSA) is 87.2 Å². The molecule has 0 aromatic heterocycles. The van der Waals surface area contributed by atoms with Gasteiger partial charge in [0.05, 0.1) is 12.5 Å². The number of carboxylic acids is 1. The lowest BCUT2D eigenvalue weighted by Crippen LogP contribution is -2.38. The molecule has 1 aromatic carbocycles. The molecule has 2 saturated heterocycles. The molecule has 0 unspecified atom stereocenters. The van der Waals surface area contributed by atoms with Crippen molar-refractivity contribution < 1.29 is 24.2 Å². The maximum absolute atomic E-state index is 12.8. The summed E-state index contributed by atoms with van der Waals surface area (Å²) in [5, 5.41) is 8.95. The molecule has 1 N–H and O–H groups in total. The van der Waals surface area contributed by atoms with E-state index in [1.165, 1.54) is 0 Å². The number of benzene rings is 1. The summed E-state index contributed by atoms with van der Waals surface area (Å²) in [5.74, 6) is -1.04. The van der Waals surface area contributed by atoms with Gasteiger partial charge in [0, 0.05) is 43.9 Å². The second-order valence-electron chi connectivity index (χ2n) is 6.73. The predicted molar refractivity (Wildman–Crippen MR) is 95.2 cm³/mol. The number of carbonyl (C=O) groups excluding carboxylic acids is 2. The second kappa shape index (κ2) is 8.31. The fraction of sp³-hybridized carbons (Fsp3) is 0.526. The summed E-state index contributed by atoms with van der Waals surface area (Å²) in [7, 11) is 0. The van der Waals surface area contributed by atoms with Gasteiger partial charge in [0.15, 0.2) is 0 Å². The van der Waals surface area contributed by atoms with Crippen LogP contribution >= 0.6 is 0 Å². The van der Waals surface area contributed by atoms with E-state index in [9.17, 15) is 14.4 Å². The minimum atomic E-state index is -0.932. The van der Waals surface area contributed by atoms with Crippen molar-refractivity contribution in [2.24, 2.45) is 0 Å². The van der Waals surface area contributed by atoms with E-state index in [0.29, 0.717) is 31.7 Å². The van der Waals surface area contributed by atoms with Gasteiger partial charge in [0.2, 0.25) is 5.91 Å². The van der Waals surface area contributed by atoms with E-state index in [2.05, 4.69) is 0 Å². The Labute approximate surface area is 152 Å². The summed E-state index contributed by atoms with van der Waals surface area (Å²) in [6.45, 7) is 1.94. The van der Waals surface area contributed by atoms with E-state index in [0.717, 1.165) is 24.9 Å². The molecule has 0 radical (unpaired) electrons. The molecule has 2 fully saturated rings. The molecule has 2 heterocycles. The van der Waals surface area contributed by atoms with Crippen LogP contribution in [0, 0.1) is 0 Å². The largest absolute Gasteiger partial charge is 0.481 e. The van der Waals surface area contributed by atoms with Crippen LogP contribution in [0.15, 0.2) is 24.3 Å². The number of hydrogen-bond acceptors (Lipinski definition) is 4. The average molecular weight is 360 g/mol. The van der Waals surface area contributed by atoms with Crippen molar-refractivity contribution in [2.45, 2.75) is 38.2 Å². The molecule has 2 aliphatic rings. The van der Waals surface area contributed by atoms with Crippen molar-refractivity contribution in [1.29, 1.82) is 0 Å². The molecule has 0 aliphatic carbocycles. The van der Waals surface area contributed by atoms with Crippen LogP contribution in [-0.4, -0.2) is 60.1 Å². The van der Waals surface area contributed by atoms with E-state index < -0.39 is 5.97 Å². The van der Waals surface area contributed by atoms with Crippen LogP contribution in [-0.2, 0) is 14.3 Å². The van der Waals surface area contributed by atoms with Crippen LogP contribution in [0.4, 0.5) is 5.69 Å². The van der Waals surface area contributed by atoms with Crippen LogP contribution in [0.2, 0.25) is 0 Å². The van der Waals surface area contributed by atoms with Gasteiger partial charge in [-0.1, -0.05) is 0 Å². The third-order valence-corrected chi connectivity index (χ3v) is 4.83. The third-order valence-electron chi connectivity index (χ3n) is 4.83. The number of ether oxygens (including phenoxy) is 1. The molecule has 2 aliphatic heterocycles. The van der Waals surface area contributed by atoms with Crippen LogP contribution in [0.25, 0.3) is 0 Å². The maximum Gasteiger partial charge on any atom is 0.305 e. The van der Waals surface area contributed by atoms with Crippen molar-refractivity contribution in [1.82, 2.24) is 4.90 Å². The highest BCUT2D eigenvalue weighted by Gasteiger charge is 2.25. The molecule has 1 aromatic rings. The number of carbonyl (C=O) groups is 3. The van der Waals surface area contributed by atoms with Gasteiger partial charge >= 0.3 is 5.97 Å². The van der Waals surface area contributed by atoms with Gasteiger partial charge in [-0.15, -0.1) is 0 Å². The maximum atomic E-state index is 12.8. The molecule has 7 nitrogen and oxygen atoms in total. The highest BCUT2D eigenvalue weighted by molar-refractivity contribution is 5.97. The van der Waals surface area contributed by atoms with Gasteiger partial charge in [-0.3, -0.25) is 14.4 Å². The lowest BCUT2D eigenvalue weighted by Gasteiger charge is -2.25. The zero-order valence-electron chi connectivity index (χ0n) is 14.7. The van der Waals surface area contributed by atoms with Crippen molar-refractivity contribution >= 4 is 23.5 Å². The van der Waals surface area contributed by atoms with Gasteiger partial charge in [-0.2, -0.15) is 0 Å². The summed E-state index contributed by atoms with van der Waals surface area (Å²) in [4.78, 5) is 38.9. The van der Waals surface area contributed by atoms with Crippen LogP contribution in [0.3, 0.4) is 0 Å². The average Bonchev–Trinajstić information content (AvgIpc) is 3.29. The predicted octanol–water partition coefficient (Wildman–Crippen LogP) is 1.91. The first kappa shape index (κ1) is 18.4. The first-order chi connectivity index (χ1) is 12.5. The van der Waals surface area contributed by atoms with Crippen LogP contribution in [0.5, 0.6) is 0 Å². The van der Waals surface area contributed by atoms with Gasteiger partial charge in [0.1, 0.15) is 0 Å². The van der Waals surface area contributed by atoms with Crippen LogP contribution in [0.1, 0.15) is 42.5 Å². The summed E-state index contributed by atoms with van der Waals surface area (Å²) in [6.07, 6.45) is 3.12. The molecule has 140 valence electrons. The van der Waals surface area contributed by atoms with Crippen molar-refractivity contribution in [3.05, 3.63) is 29.8 Å². The number of anilines is 1. The molecule has 7 heteroatoms. The highest BCUT2D eigenvalue weighted by Crippen LogP contribution is 2.22. The number of aliphatic carboxylic acids is 1. The van der Waals surface area contributed by atoms with Gasteiger partial charge in [-0.05, 0) is 43.5 Å². The fourth-order valence-electron chi connectivity index (χ4n) is 3.43. The number of amides is 2. The van der Waals surface area contributed by atoms with E-state index in [4.69, 9.17) is 9.84 Å². The highest BCUT2D eigenvalue weighted by atomic mass is 16.5. The van der Waals surface area contributed by atoms with Gasteiger partial charge in [-0.25, -0.2) is 0 Å². The number of hydrogen-bond donors (Lipinski definition) is 1. The molecule has 1 atom stereocenters. The Morgan fingerprint density at radius 1 is 1.23 bits per heavy atom. The molecule has 0 saturated carbocycles. The molecule has 0 bridgehead atoms. The summed E-state index contributed by atoms with van der Waals surface area (Å²) >= 11 is 0. The van der Waals surface area contributed by atoms with Crippen molar-refractivity contribution in [3.63, 3.8) is 0 Å². The fourth-order valence-corrected chi connectivity index (χ4v) is 3.43. The van der Waals surface area contributed by atoms with E-state index >= 15 is 0 Å². The molecular formula is C19H24N2O5. The zero-order chi connectivity index (χ0) is 18.5. The van der Waals surface area contributed by atoms with E-state index in [1.807, 2.05) is 0 Å². The molecule has 3 rings (SSSR count). The first-order valence-corrected chi connectivity index (χ1v) is 9.07. The molecule has 2 amide bonds. The normalized spacial score (nSPS) is 19.8. The molecular weight excluding hydrogens is 336 g/mol. The Morgan fingerprint density at radius 2 is 2.00 bits per heavy atom. The standard InChI is InChI=1S/C19H24N2O5/c22-17-4-1-10-21(17)15-7-5-14(6-8-15)19(25)20(11-9-18(23)24)13-16-3-2-12-26-16/h5-8,16H,1-4,9-13H2,(H,23,24)/t16-/m1/s1. The van der Waals surface area contributed by atoms with Gasteiger partial charge in [0.25, 0.3) is 5.91 Å². The summed E-state index contributed by atoms with van der Waals surface area (Å²) in [5.41, 5.74) is 1.28. The first-order valence-electron chi connectivity index (χ1n) is 9.07. The lowest BCUT2D eigenvalue weighted by atomic mass is 10.1. The van der Waals surface area contributed by atoms with Crippen molar-refractivity contribution in [3.8, 4) is 0 Å². The van der Waals surface area contributed by atoms with Crippen molar-refractivity contribution in [2.75, 3.05) is 31.1 Å². The zero-order valence-corrected chi connectivity index (χ0v) is 14.7. The molecule has 26 heavy (non-hydrogen) atoms. The van der Waals surface area contributed by atoms with Crippen LogP contribution < -0.4 is 4.90 Å². The minimum Gasteiger partial charge on any atom is -0.481 e. The number of nitrogens with zero attached hydrogens (tertiary/aromatic N) is 2. The Morgan fingerprint density at radius 3 is 2.58 bits per heavy atom. The SMILES string of the molecule is O=C(O)CCN(C[C@H]1CCCO1)C(=O)c1ccc(N2CCCC2=O)cc1. The Bertz CT molecular complexity index is 667. The smallest absolute Gasteiger partial charge is 0.305 e. The second-order valence-corrected chi connectivity index (χ2v) is 6.73. The Hall–Kier alpha value is -2.41. The summed E-state index contributed by atoms with van der Waals surface area (Å²) in [6, 6.07) is 6.95. The minimum absolute atomic E-state index is 0.0331. The Kier molecular flexibility index (Phi) is 5.88. The lowest BCUT2D eigenvalue weighted by molar-refractivity contribution is -0.137. The summed E-state index contributed by atoms with van der Waals surface area (Å²) < 4.78 is 5.59. The number of rotatable bonds is 7. The van der Waals surface area contributed by atoms with E-state index in [1.54, 1.807) is 34.1 Å². The Balaban J connectivity index is 1.69. The monoisotopic (exact) mass is 360 g/mol. The third kappa shape index (κ3) is 4.40. The van der Waals surface area contributed by atoms with E-state index in [-0.39, 0.29) is 30.9 Å². The molecule has 0 spiro atoms. The van der Waals surface area contributed by atoms with Gasteiger partial charge < -0.3 is 19.6 Å².